The van der Waals surface area contributed by atoms with Crippen molar-refractivity contribution in [2.75, 3.05) is 4.90 Å². The first-order valence-electron chi connectivity index (χ1n) is 21.0. The van der Waals surface area contributed by atoms with Crippen LogP contribution in [-0.4, -0.2) is 0 Å². The molecule has 272 valence electrons. The molecule has 0 radical (unpaired) electrons. The van der Waals surface area contributed by atoms with Gasteiger partial charge < -0.3 is 4.90 Å². The maximum Gasteiger partial charge on any atom is 0.0465 e. The summed E-state index contributed by atoms with van der Waals surface area (Å²) in [5.74, 6) is 3.43. The SMILES string of the molecule is CC1(C)c2ccccc2-c2ccc(N(c3ccc(-c4ccccc4)cc3)c3ccc(-c4cccc5c4-c4ccccc4C54C5CC6CC(C5)CC4C6)cc3)cc21. The Balaban J connectivity index is 0.975. The quantitative estimate of drug-likeness (QED) is 0.171. The number of benzene rings is 7. The molecule has 6 aliphatic rings. The van der Waals surface area contributed by atoms with Crippen molar-refractivity contribution in [3.63, 3.8) is 0 Å². The first-order chi connectivity index (χ1) is 27.5. The lowest BCUT2D eigenvalue weighted by Gasteiger charge is -2.61. The zero-order valence-corrected chi connectivity index (χ0v) is 32.4. The Hall–Kier alpha value is -5.66. The van der Waals surface area contributed by atoms with E-state index in [-0.39, 0.29) is 10.8 Å². The standard InChI is InChI=1S/C55H47N/c1-54(2)49-16-8-6-13-46(49)47-28-27-44(34-52(47)54)56(42-23-19-38(20-24-42)37-11-4-3-5-12-37)43-25-21-39(22-26-43)45-15-10-18-51-53(45)48-14-7-9-17-50(48)55(51)40-30-35-29-36(32-40)33-41(55)31-35/h3-28,34-36,40-41H,29-33H2,1-2H3. The number of anilines is 3. The number of fused-ring (bicyclic) bond motifs is 6. The van der Waals surface area contributed by atoms with Gasteiger partial charge >= 0.3 is 0 Å². The highest BCUT2D eigenvalue weighted by molar-refractivity contribution is 5.94. The van der Waals surface area contributed by atoms with Crippen LogP contribution in [0.5, 0.6) is 0 Å². The molecular formula is C55H47N. The zero-order valence-electron chi connectivity index (χ0n) is 32.4. The molecule has 6 aliphatic carbocycles. The molecule has 0 atom stereocenters. The van der Waals surface area contributed by atoms with Crippen LogP contribution in [0, 0.1) is 23.7 Å². The van der Waals surface area contributed by atoms with Gasteiger partial charge in [-0.15, -0.1) is 0 Å². The molecule has 1 nitrogen and oxygen atoms in total. The van der Waals surface area contributed by atoms with Gasteiger partial charge in [-0.2, -0.15) is 0 Å². The minimum absolute atomic E-state index is 0.0762. The Bertz CT molecular complexity index is 2630. The molecule has 13 rings (SSSR count). The molecule has 4 fully saturated rings. The van der Waals surface area contributed by atoms with E-state index in [2.05, 4.69) is 183 Å². The van der Waals surface area contributed by atoms with Gasteiger partial charge in [0.15, 0.2) is 0 Å². The molecule has 0 aromatic heterocycles. The Morgan fingerprint density at radius 3 is 1.61 bits per heavy atom. The molecule has 0 unspecified atom stereocenters. The second kappa shape index (κ2) is 11.9. The molecule has 0 amide bonds. The summed E-state index contributed by atoms with van der Waals surface area (Å²) in [5, 5.41) is 0. The summed E-state index contributed by atoms with van der Waals surface area (Å²) in [7, 11) is 0. The van der Waals surface area contributed by atoms with Gasteiger partial charge in [-0.1, -0.05) is 141 Å². The molecule has 0 saturated heterocycles. The third kappa shape index (κ3) is 4.49. The highest BCUT2D eigenvalue weighted by Gasteiger charge is 2.61. The van der Waals surface area contributed by atoms with E-state index in [1.54, 1.807) is 11.1 Å². The van der Waals surface area contributed by atoms with Gasteiger partial charge in [-0.05, 0) is 159 Å². The third-order valence-corrected chi connectivity index (χ3v) is 15.1. The third-order valence-electron chi connectivity index (χ3n) is 15.1. The molecule has 1 spiro atoms. The van der Waals surface area contributed by atoms with Crippen molar-refractivity contribution in [3.05, 3.63) is 186 Å². The van der Waals surface area contributed by atoms with Crippen LogP contribution in [0.3, 0.4) is 0 Å². The molecule has 4 bridgehead atoms. The van der Waals surface area contributed by atoms with Gasteiger partial charge in [0.25, 0.3) is 0 Å². The fraction of sp³-hybridized carbons (Fsp3) is 0.236. The average molecular weight is 722 g/mol. The first-order valence-corrected chi connectivity index (χ1v) is 21.0. The molecule has 7 aromatic rings. The van der Waals surface area contributed by atoms with Crippen molar-refractivity contribution in [1.82, 2.24) is 0 Å². The van der Waals surface area contributed by atoms with Crippen LogP contribution in [0.15, 0.2) is 164 Å². The highest BCUT2D eigenvalue weighted by Crippen LogP contribution is 2.70. The van der Waals surface area contributed by atoms with Gasteiger partial charge in [0.1, 0.15) is 0 Å². The summed E-state index contributed by atoms with van der Waals surface area (Å²) in [6, 6.07) is 62.1. The molecule has 7 aromatic carbocycles. The number of nitrogens with zero attached hydrogens (tertiary/aromatic N) is 1. The van der Waals surface area contributed by atoms with Gasteiger partial charge in [-0.3, -0.25) is 0 Å². The van der Waals surface area contributed by atoms with Crippen LogP contribution >= 0.6 is 0 Å². The monoisotopic (exact) mass is 721 g/mol. The Morgan fingerprint density at radius 2 is 0.911 bits per heavy atom. The second-order valence-corrected chi connectivity index (χ2v) is 18.1. The number of hydrogen-bond acceptors (Lipinski definition) is 1. The van der Waals surface area contributed by atoms with Gasteiger partial charge in [0.05, 0.1) is 0 Å². The summed E-state index contributed by atoms with van der Waals surface area (Å²) in [5.41, 5.74) is 20.5. The summed E-state index contributed by atoms with van der Waals surface area (Å²) in [4.78, 5) is 2.45. The lowest BCUT2D eigenvalue weighted by molar-refractivity contribution is -0.0399. The van der Waals surface area contributed by atoms with Crippen molar-refractivity contribution >= 4 is 17.1 Å². The molecule has 0 N–H and O–H groups in total. The maximum atomic E-state index is 2.52. The van der Waals surface area contributed by atoms with Crippen molar-refractivity contribution in [3.8, 4) is 44.5 Å². The summed E-state index contributed by atoms with van der Waals surface area (Å²) in [6.45, 7) is 4.75. The molecule has 0 heterocycles. The van der Waals surface area contributed by atoms with Crippen LogP contribution in [-0.2, 0) is 10.8 Å². The van der Waals surface area contributed by atoms with Crippen LogP contribution in [0.1, 0.15) is 68.2 Å². The van der Waals surface area contributed by atoms with Crippen LogP contribution in [0.2, 0.25) is 0 Å². The zero-order chi connectivity index (χ0) is 37.2. The number of rotatable bonds is 5. The van der Waals surface area contributed by atoms with Crippen molar-refractivity contribution in [1.29, 1.82) is 0 Å². The smallest absolute Gasteiger partial charge is 0.0465 e. The normalized spacial score (nSPS) is 24.1. The van der Waals surface area contributed by atoms with Crippen LogP contribution < -0.4 is 4.90 Å². The van der Waals surface area contributed by atoms with Gasteiger partial charge in [-0.25, -0.2) is 0 Å². The van der Waals surface area contributed by atoms with E-state index < -0.39 is 0 Å². The van der Waals surface area contributed by atoms with E-state index in [0.29, 0.717) is 0 Å². The Kier molecular flexibility index (Phi) is 6.93. The summed E-state index contributed by atoms with van der Waals surface area (Å²) >= 11 is 0. The molecule has 4 saturated carbocycles. The predicted molar refractivity (Wildman–Crippen MR) is 233 cm³/mol. The van der Waals surface area contributed by atoms with E-state index in [9.17, 15) is 0 Å². The molecule has 56 heavy (non-hydrogen) atoms. The molecular weight excluding hydrogens is 675 g/mol. The van der Waals surface area contributed by atoms with Crippen molar-refractivity contribution < 1.29 is 0 Å². The largest absolute Gasteiger partial charge is 0.310 e. The van der Waals surface area contributed by atoms with E-state index >= 15 is 0 Å². The summed E-state index contributed by atoms with van der Waals surface area (Å²) < 4.78 is 0. The topological polar surface area (TPSA) is 3.24 Å². The lowest BCUT2D eigenvalue weighted by Crippen LogP contribution is -2.55. The van der Waals surface area contributed by atoms with E-state index in [1.807, 2.05) is 0 Å². The lowest BCUT2D eigenvalue weighted by atomic mass is 9.43. The fourth-order valence-corrected chi connectivity index (χ4v) is 12.9. The van der Waals surface area contributed by atoms with E-state index in [4.69, 9.17) is 0 Å². The fourth-order valence-electron chi connectivity index (χ4n) is 12.9. The average Bonchev–Trinajstić information content (AvgIpc) is 3.66. The molecule has 1 heteroatoms. The minimum atomic E-state index is -0.0762. The minimum Gasteiger partial charge on any atom is -0.310 e. The van der Waals surface area contributed by atoms with E-state index in [0.717, 1.165) is 29.4 Å². The molecule has 0 aliphatic heterocycles. The van der Waals surface area contributed by atoms with E-state index in [1.165, 1.54) is 99.1 Å². The van der Waals surface area contributed by atoms with Gasteiger partial charge in [0, 0.05) is 27.9 Å². The second-order valence-electron chi connectivity index (χ2n) is 18.1. The Morgan fingerprint density at radius 1 is 0.393 bits per heavy atom. The summed E-state index contributed by atoms with van der Waals surface area (Å²) in [6.07, 6.45) is 7.12. The van der Waals surface area contributed by atoms with Crippen LogP contribution in [0.4, 0.5) is 17.1 Å². The number of hydrogen-bond donors (Lipinski definition) is 0. The highest BCUT2D eigenvalue weighted by atomic mass is 15.1. The van der Waals surface area contributed by atoms with Crippen molar-refractivity contribution in [2.45, 2.75) is 56.8 Å². The van der Waals surface area contributed by atoms with Gasteiger partial charge in [0.2, 0.25) is 0 Å². The Labute approximate surface area is 331 Å². The van der Waals surface area contributed by atoms with Crippen molar-refractivity contribution in [2.24, 2.45) is 23.7 Å². The maximum absolute atomic E-state index is 2.52. The first kappa shape index (κ1) is 32.6. The predicted octanol–water partition coefficient (Wildman–Crippen LogP) is 14.5. The van der Waals surface area contributed by atoms with Crippen LogP contribution in [0.25, 0.3) is 44.5 Å².